The Labute approximate surface area is 114 Å². The number of benzene rings is 2. The minimum Gasteiger partial charge on any atom is -0.358 e. The third-order valence-corrected chi connectivity index (χ3v) is 3.90. The van der Waals surface area contributed by atoms with Crippen molar-refractivity contribution in [2.24, 2.45) is 0 Å². The van der Waals surface area contributed by atoms with Gasteiger partial charge in [-0.25, -0.2) is 0 Å². The first-order valence-electron chi connectivity index (χ1n) is 6.77. The number of fused-ring (bicyclic) bond motifs is 1. The van der Waals surface area contributed by atoms with Crippen molar-refractivity contribution in [3.63, 3.8) is 0 Å². The predicted molar refractivity (Wildman–Crippen MR) is 81.8 cm³/mol. The Morgan fingerprint density at radius 2 is 1.74 bits per heavy atom. The summed E-state index contributed by atoms with van der Waals surface area (Å²) < 4.78 is 0. The minimum atomic E-state index is 1.00. The number of nitrogens with one attached hydrogen (secondary N) is 1. The van der Waals surface area contributed by atoms with Gasteiger partial charge in [-0.1, -0.05) is 42.0 Å². The van der Waals surface area contributed by atoms with Crippen molar-refractivity contribution in [1.82, 2.24) is 4.98 Å². The van der Waals surface area contributed by atoms with E-state index < -0.39 is 0 Å². The fraction of sp³-hybridized carbons (Fsp3) is 0.222. The monoisotopic (exact) mass is 249 g/mol. The number of aromatic amines is 1. The van der Waals surface area contributed by atoms with E-state index in [0.717, 1.165) is 6.42 Å². The number of H-pyrrole nitrogens is 1. The summed E-state index contributed by atoms with van der Waals surface area (Å²) >= 11 is 0. The van der Waals surface area contributed by atoms with Crippen LogP contribution in [-0.2, 0) is 6.42 Å². The van der Waals surface area contributed by atoms with E-state index >= 15 is 0 Å². The predicted octanol–water partition coefficient (Wildman–Crippen LogP) is 4.68. The molecule has 0 radical (unpaired) electrons. The van der Waals surface area contributed by atoms with E-state index in [1.807, 2.05) is 0 Å². The largest absolute Gasteiger partial charge is 0.358 e. The SMILES string of the molecule is Cc1ccc(C)c(Cc2c(C)[nH]c3ccccc23)c1. The summed E-state index contributed by atoms with van der Waals surface area (Å²) in [4.78, 5) is 3.48. The summed E-state index contributed by atoms with van der Waals surface area (Å²) in [6, 6.07) is 15.3. The van der Waals surface area contributed by atoms with Crippen molar-refractivity contribution in [3.8, 4) is 0 Å². The Morgan fingerprint density at radius 1 is 0.947 bits per heavy atom. The topological polar surface area (TPSA) is 15.8 Å². The lowest BCUT2D eigenvalue weighted by Gasteiger charge is -2.07. The van der Waals surface area contributed by atoms with Gasteiger partial charge in [0.1, 0.15) is 0 Å². The zero-order chi connectivity index (χ0) is 13.4. The highest BCUT2D eigenvalue weighted by Gasteiger charge is 2.09. The average molecular weight is 249 g/mol. The van der Waals surface area contributed by atoms with Crippen molar-refractivity contribution in [2.45, 2.75) is 27.2 Å². The lowest BCUT2D eigenvalue weighted by atomic mass is 9.97. The Balaban J connectivity index is 2.10. The molecule has 0 saturated carbocycles. The number of aryl methyl sites for hydroxylation is 3. The number of rotatable bonds is 2. The van der Waals surface area contributed by atoms with Crippen LogP contribution in [-0.4, -0.2) is 4.98 Å². The molecule has 0 bridgehead atoms. The van der Waals surface area contributed by atoms with E-state index in [9.17, 15) is 0 Å². The van der Waals surface area contributed by atoms with E-state index in [2.05, 4.69) is 68.2 Å². The number of aromatic nitrogens is 1. The van der Waals surface area contributed by atoms with Gasteiger partial charge >= 0.3 is 0 Å². The van der Waals surface area contributed by atoms with Gasteiger partial charge in [0, 0.05) is 23.0 Å². The van der Waals surface area contributed by atoms with Gasteiger partial charge in [0.2, 0.25) is 0 Å². The molecular weight excluding hydrogens is 230 g/mol. The average Bonchev–Trinajstić information content (AvgIpc) is 2.71. The van der Waals surface area contributed by atoms with Crippen molar-refractivity contribution < 1.29 is 0 Å². The number of hydrogen-bond donors (Lipinski definition) is 1. The van der Waals surface area contributed by atoms with Crippen LogP contribution in [0.2, 0.25) is 0 Å². The standard InChI is InChI=1S/C18H19N/c1-12-8-9-13(2)15(10-12)11-17-14(3)19-18-7-5-4-6-16(17)18/h4-10,19H,11H2,1-3H3. The summed E-state index contributed by atoms with van der Waals surface area (Å²) in [5.74, 6) is 0. The smallest absolute Gasteiger partial charge is 0.0458 e. The fourth-order valence-corrected chi connectivity index (χ4v) is 2.74. The first-order chi connectivity index (χ1) is 9.15. The second-order valence-corrected chi connectivity index (χ2v) is 5.38. The van der Waals surface area contributed by atoms with Gasteiger partial charge in [0.15, 0.2) is 0 Å². The number of para-hydroxylation sites is 1. The lowest BCUT2D eigenvalue weighted by molar-refractivity contribution is 1.12. The molecule has 1 aromatic heterocycles. The van der Waals surface area contributed by atoms with E-state index in [0.29, 0.717) is 0 Å². The van der Waals surface area contributed by atoms with Crippen LogP contribution in [0.1, 0.15) is 27.9 Å². The molecule has 0 atom stereocenters. The van der Waals surface area contributed by atoms with E-state index in [-0.39, 0.29) is 0 Å². The summed E-state index contributed by atoms with van der Waals surface area (Å²) in [6.45, 7) is 6.52. The molecule has 19 heavy (non-hydrogen) atoms. The van der Waals surface area contributed by atoms with Crippen molar-refractivity contribution in [1.29, 1.82) is 0 Å². The zero-order valence-electron chi connectivity index (χ0n) is 11.7. The van der Waals surface area contributed by atoms with Crippen LogP contribution >= 0.6 is 0 Å². The second-order valence-electron chi connectivity index (χ2n) is 5.38. The minimum absolute atomic E-state index is 1.00. The molecule has 0 aliphatic heterocycles. The van der Waals surface area contributed by atoms with Gasteiger partial charge in [0.05, 0.1) is 0 Å². The van der Waals surface area contributed by atoms with Gasteiger partial charge in [-0.3, -0.25) is 0 Å². The highest BCUT2D eigenvalue weighted by molar-refractivity contribution is 5.84. The molecule has 1 N–H and O–H groups in total. The maximum Gasteiger partial charge on any atom is 0.0458 e. The Morgan fingerprint density at radius 3 is 2.58 bits per heavy atom. The van der Waals surface area contributed by atoms with Crippen LogP contribution in [0.25, 0.3) is 10.9 Å². The summed E-state index contributed by atoms with van der Waals surface area (Å²) in [5, 5.41) is 1.35. The van der Waals surface area contributed by atoms with Crippen LogP contribution < -0.4 is 0 Å². The van der Waals surface area contributed by atoms with E-state index in [1.165, 1.54) is 38.9 Å². The lowest BCUT2D eigenvalue weighted by Crippen LogP contribution is -1.94. The van der Waals surface area contributed by atoms with Gasteiger partial charge in [0.25, 0.3) is 0 Å². The maximum atomic E-state index is 3.48. The van der Waals surface area contributed by atoms with Crippen molar-refractivity contribution in [2.75, 3.05) is 0 Å². The third-order valence-electron chi connectivity index (χ3n) is 3.90. The first-order valence-corrected chi connectivity index (χ1v) is 6.77. The van der Waals surface area contributed by atoms with E-state index in [1.54, 1.807) is 0 Å². The summed E-state index contributed by atoms with van der Waals surface area (Å²) in [7, 11) is 0. The molecule has 3 rings (SSSR count). The molecule has 0 unspecified atom stereocenters. The Kier molecular flexibility index (Phi) is 2.90. The maximum absolute atomic E-state index is 3.48. The molecule has 1 nitrogen and oxygen atoms in total. The fourth-order valence-electron chi connectivity index (χ4n) is 2.74. The van der Waals surface area contributed by atoms with Gasteiger partial charge < -0.3 is 4.98 Å². The van der Waals surface area contributed by atoms with Crippen molar-refractivity contribution in [3.05, 3.63) is 70.4 Å². The third kappa shape index (κ3) is 2.17. The number of hydrogen-bond acceptors (Lipinski definition) is 0. The molecule has 0 aliphatic rings. The highest BCUT2D eigenvalue weighted by Crippen LogP contribution is 2.25. The van der Waals surface area contributed by atoms with Crippen LogP contribution in [0.4, 0.5) is 0 Å². The molecule has 0 spiro atoms. The molecule has 2 aromatic carbocycles. The zero-order valence-corrected chi connectivity index (χ0v) is 11.7. The van der Waals surface area contributed by atoms with Gasteiger partial charge in [-0.05, 0) is 43.5 Å². The Hall–Kier alpha value is -2.02. The van der Waals surface area contributed by atoms with E-state index in [4.69, 9.17) is 0 Å². The quantitative estimate of drug-likeness (QED) is 0.678. The summed E-state index contributed by atoms with van der Waals surface area (Å²) in [5.41, 5.74) is 8.06. The molecule has 96 valence electrons. The molecule has 0 fully saturated rings. The molecule has 0 aliphatic carbocycles. The second kappa shape index (κ2) is 4.58. The highest BCUT2D eigenvalue weighted by atomic mass is 14.7. The molecule has 0 amide bonds. The van der Waals surface area contributed by atoms with Crippen LogP contribution in [0, 0.1) is 20.8 Å². The molecule has 0 saturated heterocycles. The van der Waals surface area contributed by atoms with Crippen LogP contribution in [0.15, 0.2) is 42.5 Å². The molecule has 1 heterocycles. The van der Waals surface area contributed by atoms with Crippen molar-refractivity contribution >= 4 is 10.9 Å². The normalized spacial score (nSPS) is 11.1. The van der Waals surface area contributed by atoms with Gasteiger partial charge in [-0.15, -0.1) is 0 Å². The molecule has 1 heteroatoms. The molecule has 3 aromatic rings. The van der Waals surface area contributed by atoms with Crippen LogP contribution in [0.5, 0.6) is 0 Å². The molecular formula is C18H19N. The first kappa shape index (κ1) is 12.0. The summed E-state index contributed by atoms with van der Waals surface area (Å²) in [6.07, 6.45) is 1.00. The van der Waals surface area contributed by atoms with Gasteiger partial charge in [-0.2, -0.15) is 0 Å². The Bertz CT molecular complexity index is 735. The van der Waals surface area contributed by atoms with Crippen LogP contribution in [0.3, 0.4) is 0 Å².